The third-order valence-electron chi connectivity index (χ3n) is 4.66. The Bertz CT molecular complexity index is 1160. The number of fused-ring (bicyclic) bond motifs is 1. The normalized spacial score (nSPS) is 15.0. The van der Waals surface area contributed by atoms with Crippen LogP contribution in [0.4, 0.5) is 24.5 Å². The number of anilines is 2. The quantitative estimate of drug-likeness (QED) is 0.650. The molecule has 0 saturated heterocycles. The highest BCUT2D eigenvalue weighted by Crippen LogP contribution is 2.38. The summed E-state index contributed by atoms with van der Waals surface area (Å²) < 4.78 is 38.8. The Kier molecular flexibility index (Phi) is 4.69. The lowest BCUT2D eigenvalue weighted by atomic mass is 10.1. The number of hydrogen-bond donors (Lipinski definition) is 2. The molecule has 0 radical (unpaired) electrons. The molecular weight excluding hydrogens is 397 g/mol. The minimum atomic E-state index is -4.47. The van der Waals surface area contributed by atoms with Crippen LogP contribution in [-0.4, -0.2) is 21.8 Å². The monoisotopic (exact) mass is 412 g/mol. The van der Waals surface area contributed by atoms with Crippen molar-refractivity contribution in [3.05, 3.63) is 83.4 Å². The van der Waals surface area contributed by atoms with E-state index in [1.165, 1.54) is 59.5 Å². The second-order valence-corrected chi connectivity index (χ2v) is 6.72. The summed E-state index contributed by atoms with van der Waals surface area (Å²) in [5, 5.41) is 19.4. The van der Waals surface area contributed by atoms with Gasteiger partial charge in [0.1, 0.15) is 17.2 Å². The molecule has 152 valence electrons. The smallest absolute Gasteiger partial charge is 0.416 e. The summed E-state index contributed by atoms with van der Waals surface area (Å²) in [7, 11) is 0. The van der Waals surface area contributed by atoms with E-state index >= 15 is 0 Å². The number of alkyl halides is 3. The fourth-order valence-corrected chi connectivity index (χ4v) is 3.26. The molecule has 3 aromatic carbocycles. The predicted octanol–water partition coefficient (Wildman–Crippen LogP) is 4.78. The van der Waals surface area contributed by atoms with Gasteiger partial charge in [0.05, 0.1) is 17.8 Å². The van der Waals surface area contributed by atoms with E-state index in [2.05, 4.69) is 4.99 Å². The number of carbonyl (C=O) groups excluding carboxylic acids is 1. The fourth-order valence-electron chi connectivity index (χ4n) is 3.26. The maximum atomic E-state index is 13.1. The van der Waals surface area contributed by atoms with Gasteiger partial charge in [-0.15, -0.1) is 0 Å². The lowest BCUT2D eigenvalue weighted by molar-refractivity contribution is -0.137. The van der Waals surface area contributed by atoms with E-state index in [4.69, 9.17) is 0 Å². The third kappa shape index (κ3) is 3.59. The lowest BCUT2D eigenvalue weighted by Gasteiger charge is -2.17. The van der Waals surface area contributed by atoms with Crippen LogP contribution in [0.1, 0.15) is 16.7 Å². The maximum absolute atomic E-state index is 13.1. The Morgan fingerprint density at radius 1 is 0.900 bits per heavy atom. The van der Waals surface area contributed by atoms with Crippen LogP contribution in [0.2, 0.25) is 0 Å². The zero-order valence-electron chi connectivity index (χ0n) is 15.4. The van der Waals surface area contributed by atoms with E-state index in [-0.39, 0.29) is 23.8 Å². The summed E-state index contributed by atoms with van der Waals surface area (Å²) in [4.78, 5) is 18.7. The van der Waals surface area contributed by atoms with Crippen molar-refractivity contribution in [2.45, 2.75) is 12.7 Å². The van der Waals surface area contributed by atoms with Crippen molar-refractivity contribution in [1.29, 1.82) is 0 Å². The van der Waals surface area contributed by atoms with Crippen molar-refractivity contribution in [2.24, 2.45) is 4.99 Å². The van der Waals surface area contributed by atoms with Gasteiger partial charge in [0.25, 0.3) is 5.91 Å². The molecule has 3 aromatic rings. The number of aromatic hydroxyl groups is 2. The van der Waals surface area contributed by atoms with Crippen molar-refractivity contribution < 1.29 is 28.2 Å². The topological polar surface area (TPSA) is 73.1 Å². The number of phenolic OH excluding ortho intramolecular Hbond substituents is 2. The Morgan fingerprint density at radius 2 is 1.60 bits per heavy atom. The van der Waals surface area contributed by atoms with Crippen molar-refractivity contribution in [2.75, 3.05) is 4.90 Å². The summed E-state index contributed by atoms with van der Waals surface area (Å²) in [6.45, 7) is -0.116. The van der Waals surface area contributed by atoms with Gasteiger partial charge in [0.2, 0.25) is 0 Å². The van der Waals surface area contributed by atoms with Crippen LogP contribution >= 0.6 is 0 Å². The Morgan fingerprint density at radius 3 is 2.30 bits per heavy atom. The van der Waals surface area contributed by atoms with Gasteiger partial charge >= 0.3 is 6.18 Å². The Balaban J connectivity index is 1.72. The van der Waals surface area contributed by atoms with Crippen LogP contribution in [-0.2, 0) is 17.5 Å². The van der Waals surface area contributed by atoms with Crippen molar-refractivity contribution in [3.8, 4) is 11.5 Å². The second-order valence-electron chi connectivity index (χ2n) is 6.72. The fraction of sp³-hybridized carbons (Fsp3) is 0.0909. The zero-order chi connectivity index (χ0) is 21.5. The van der Waals surface area contributed by atoms with E-state index in [0.717, 1.165) is 12.1 Å². The molecule has 0 spiro atoms. The first-order valence-electron chi connectivity index (χ1n) is 8.91. The number of halogens is 3. The van der Waals surface area contributed by atoms with Gasteiger partial charge < -0.3 is 10.2 Å². The standard InChI is InChI=1S/C22H15F3N2O3/c23-22(24,25)14-3-1-2-13(10-14)12-26-20-18-9-8-17(29)11-19(18)27(21(20)30)15-4-6-16(28)7-5-15/h1-11,28-29H,12H2/b26-20-. The number of rotatable bonds is 3. The first kappa shape index (κ1) is 19.5. The molecule has 0 fully saturated rings. The number of nitrogens with zero attached hydrogens (tertiary/aromatic N) is 2. The van der Waals surface area contributed by atoms with E-state index in [9.17, 15) is 28.2 Å². The Labute approximate surface area is 169 Å². The lowest BCUT2D eigenvalue weighted by Crippen LogP contribution is -2.25. The number of benzene rings is 3. The molecule has 1 heterocycles. The molecule has 1 aliphatic heterocycles. The van der Waals surface area contributed by atoms with Crippen molar-refractivity contribution >= 4 is 23.0 Å². The van der Waals surface area contributed by atoms with Crippen LogP contribution in [0, 0.1) is 0 Å². The molecule has 0 atom stereocenters. The van der Waals surface area contributed by atoms with Gasteiger partial charge in [0, 0.05) is 17.3 Å². The highest BCUT2D eigenvalue weighted by atomic mass is 19.4. The van der Waals surface area contributed by atoms with Crippen LogP contribution in [0.3, 0.4) is 0 Å². The molecule has 0 saturated carbocycles. The maximum Gasteiger partial charge on any atom is 0.416 e. The van der Waals surface area contributed by atoms with Gasteiger partial charge in [-0.3, -0.25) is 14.7 Å². The number of carbonyl (C=O) groups is 1. The molecule has 4 rings (SSSR count). The Hall–Kier alpha value is -3.81. The average molecular weight is 412 g/mol. The van der Waals surface area contributed by atoms with Crippen molar-refractivity contribution in [3.63, 3.8) is 0 Å². The third-order valence-corrected chi connectivity index (χ3v) is 4.66. The molecule has 1 aliphatic rings. The first-order valence-corrected chi connectivity index (χ1v) is 8.91. The minimum Gasteiger partial charge on any atom is -0.508 e. The summed E-state index contributed by atoms with van der Waals surface area (Å²) in [5.74, 6) is -0.502. The highest BCUT2D eigenvalue weighted by Gasteiger charge is 2.35. The SMILES string of the molecule is O=C1/C(=N\Cc2cccc(C(F)(F)F)c2)c2ccc(O)cc2N1c1ccc(O)cc1. The number of hydrogen-bond acceptors (Lipinski definition) is 4. The van der Waals surface area contributed by atoms with Crippen molar-refractivity contribution in [1.82, 2.24) is 0 Å². The van der Waals surface area contributed by atoms with Gasteiger partial charge in [-0.25, -0.2) is 0 Å². The summed E-state index contributed by atoms with van der Waals surface area (Å²) in [6.07, 6.45) is -4.47. The number of phenols is 2. The number of aliphatic imine (C=N–C) groups is 1. The first-order chi connectivity index (χ1) is 14.2. The summed E-state index contributed by atoms with van der Waals surface area (Å²) in [6, 6.07) is 15.0. The zero-order valence-corrected chi connectivity index (χ0v) is 15.4. The second kappa shape index (κ2) is 7.22. The largest absolute Gasteiger partial charge is 0.508 e. The molecule has 2 N–H and O–H groups in total. The van der Waals surface area contributed by atoms with E-state index in [1.54, 1.807) is 0 Å². The van der Waals surface area contributed by atoms with E-state index in [1.807, 2.05) is 0 Å². The van der Waals surface area contributed by atoms with Gasteiger partial charge in [-0.05, 0) is 54.1 Å². The molecule has 5 nitrogen and oxygen atoms in total. The van der Waals surface area contributed by atoms with Crippen LogP contribution in [0.5, 0.6) is 11.5 Å². The highest BCUT2D eigenvalue weighted by molar-refractivity contribution is 6.55. The van der Waals surface area contributed by atoms with Crippen LogP contribution < -0.4 is 4.90 Å². The van der Waals surface area contributed by atoms with E-state index < -0.39 is 17.6 Å². The summed E-state index contributed by atoms with van der Waals surface area (Å²) in [5.41, 5.74) is 0.915. The molecule has 0 aliphatic carbocycles. The minimum absolute atomic E-state index is 0.0277. The van der Waals surface area contributed by atoms with Gasteiger partial charge in [-0.1, -0.05) is 12.1 Å². The van der Waals surface area contributed by atoms with Gasteiger partial charge in [-0.2, -0.15) is 13.2 Å². The molecule has 1 amide bonds. The molecule has 0 unspecified atom stereocenters. The van der Waals surface area contributed by atoms with E-state index in [0.29, 0.717) is 22.5 Å². The number of amides is 1. The van der Waals surface area contributed by atoms with Gasteiger partial charge in [0.15, 0.2) is 0 Å². The summed E-state index contributed by atoms with van der Waals surface area (Å²) >= 11 is 0. The molecule has 0 bridgehead atoms. The average Bonchev–Trinajstić information content (AvgIpc) is 2.97. The van der Waals surface area contributed by atoms with Crippen LogP contribution in [0.15, 0.2) is 71.7 Å². The molecule has 30 heavy (non-hydrogen) atoms. The molecule has 8 heteroatoms. The molecule has 0 aromatic heterocycles. The molecular formula is C22H15F3N2O3. The van der Waals surface area contributed by atoms with Crippen LogP contribution in [0.25, 0.3) is 0 Å². The predicted molar refractivity (Wildman–Crippen MR) is 105 cm³/mol.